The van der Waals surface area contributed by atoms with Crippen molar-refractivity contribution in [2.24, 2.45) is 0 Å². The van der Waals surface area contributed by atoms with Gasteiger partial charge >= 0.3 is 5.97 Å². The first-order chi connectivity index (χ1) is 8.06. The molecular formula is C11H17N3O3. The summed E-state index contributed by atoms with van der Waals surface area (Å²) in [5, 5.41) is 0. The highest BCUT2D eigenvalue weighted by Crippen LogP contribution is 2.13. The molecule has 0 bridgehead atoms. The average Bonchev–Trinajstić information content (AvgIpc) is 2.28. The zero-order valence-electron chi connectivity index (χ0n) is 10.6. The van der Waals surface area contributed by atoms with E-state index in [4.69, 9.17) is 9.47 Å². The van der Waals surface area contributed by atoms with Gasteiger partial charge in [0, 0.05) is 18.8 Å². The van der Waals surface area contributed by atoms with E-state index in [1.165, 1.54) is 7.11 Å². The number of carbonyl (C=O) groups is 1. The number of aromatic nitrogens is 2. The molecule has 0 amide bonds. The molecule has 0 fully saturated rings. The van der Waals surface area contributed by atoms with Gasteiger partial charge in [-0.05, 0) is 13.8 Å². The Bertz CT molecular complexity index is 396. The van der Waals surface area contributed by atoms with Crippen molar-refractivity contribution < 1.29 is 14.3 Å². The summed E-state index contributed by atoms with van der Waals surface area (Å²) in [6, 6.07) is 1.72. The quantitative estimate of drug-likeness (QED) is 0.708. The average molecular weight is 239 g/mol. The minimum absolute atomic E-state index is 0.112. The molecule has 6 heteroatoms. The first-order valence-corrected chi connectivity index (χ1v) is 5.33. The SMILES string of the molecule is CCOC(=O)CN(C)c1nc(C)cc(OC)n1. The molecule has 0 radical (unpaired) electrons. The van der Waals surface area contributed by atoms with Crippen LogP contribution in [0.2, 0.25) is 0 Å². The second-order valence-electron chi connectivity index (χ2n) is 3.51. The number of hydrogen-bond acceptors (Lipinski definition) is 6. The molecule has 0 unspecified atom stereocenters. The molecule has 0 aliphatic carbocycles. The van der Waals surface area contributed by atoms with Crippen molar-refractivity contribution in [1.82, 2.24) is 9.97 Å². The molecule has 1 rings (SSSR count). The summed E-state index contributed by atoms with van der Waals surface area (Å²) in [7, 11) is 3.27. The predicted molar refractivity (Wildman–Crippen MR) is 63.2 cm³/mol. The lowest BCUT2D eigenvalue weighted by atomic mass is 10.4. The van der Waals surface area contributed by atoms with Crippen molar-refractivity contribution in [2.75, 3.05) is 32.2 Å². The fourth-order valence-electron chi connectivity index (χ4n) is 1.27. The Hall–Kier alpha value is -1.85. The standard InChI is InChI=1S/C11H17N3O3/c1-5-17-10(15)7-14(3)11-12-8(2)6-9(13-11)16-4/h6H,5,7H2,1-4H3. The van der Waals surface area contributed by atoms with Gasteiger partial charge in [0.15, 0.2) is 0 Å². The molecule has 0 aromatic carbocycles. The largest absolute Gasteiger partial charge is 0.481 e. The first kappa shape index (κ1) is 13.2. The second-order valence-corrected chi connectivity index (χ2v) is 3.51. The summed E-state index contributed by atoms with van der Waals surface area (Å²) in [4.78, 5) is 21.3. The molecule has 0 saturated carbocycles. The van der Waals surface area contributed by atoms with E-state index in [1.54, 1.807) is 24.9 Å². The Balaban J connectivity index is 2.77. The van der Waals surface area contributed by atoms with Gasteiger partial charge in [0.2, 0.25) is 11.8 Å². The number of nitrogens with zero attached hydrogens (tertiary/aromatic N) is 3. The summed E-state index contributed by atoms with van der Waals surface area (Å²) < 4.78 is 9.90. The maximum Gasteiger partial charge on any atom is 0.325 e. The molecule has 94 valence electrons. The van der Waals surface area contributed by atoms with E-state index in [0.717, 1.165) is 5.69 Å². The molecule has 0 atom stereocenters. The van der Waals surface area contributed by atoms with Crippen LogP contribution in [0.3, 0.4) is 0 Å². The van der Waals surface area contributed by atoms with Crippen molar-refractivity contribution in [1.29, 1.82) is 0 Å². The fourth-order valence-corrected chi connectivity index (χ4v) is 1.27. The van der Waals surface area contributed by atoms with Crippen molar-refractivity contribution in [3.05, 3.63) is 11.8 Å². The molecular weight excluding hydrogens is 222 g/mol. The molecule has 0 spiro atoms. The van der Waals surface area contributed by atoms with Crippen LogP contribution >= 0.6 is 0 Å². The maximum absolute atomic E-state index is 11.3. The van der Waals surface area contributed by atoms with Crippen LogP contribution in [0.1, 0.15) is 12.6 Å². The predicted octanol–water partition coefficient (Wildman–Crippen LogP) is 0.793. The van der Waals surface area contributed by atoms with Crippen molar-refractivity contribution in [3.63, 3.8) is 0 Å². The summed E-state index contributed by atoms with van der Waals surface area (Å²) in [5.74, 6) is 0.609. The third kappa shape index (κ3) is 3.90. The Kier molecular flexibility index (Phi) is 4.68. The number of anilines is 1. The van der Waals surface area contributed by atoms with Crippen molar-refractivity contribution in [2.45, 2.75) is 13.8 Å². The monoisotopic (exact) mass is 239 g/mol. The number of carbonyl (C=O) groups excluding carboxylic acids is 1. The highest BCUT2D eigenvalue weighted by molar-refractivity contribution is 5.74. The van der Waals surface area contributed by atoms with Gasteiger partial charge in [-0.25, -0.2) is 4.98 Å². The van der Waals surface area contributed by atoms with Crippen LogP contribution in [0.4, 0.5) is 5.95 Å². The molecule has 0 aliphatic heterocycles. The van der Waals surface area contributed by atoms with Gasteiger partial charge in [-0.1, -0.05) is 0 Å². The zero-order valence-corrected chi connectivity index (χ0v) is 10.6. The van der Waals surface area contributed by atoms with E-state index in [9.17, 15) is 4.79 Å². The lowest BCUT2D eigenvalue weighted by molar-refractivity contribution is -0.141. The van der Waals surface area contributed by atoms with Crippen LogP contribution in [0.25, 0.3) is 0 Å². The molecule has 0 N–H and O–H groups in total. The third-order valence-electron chi connectivity index (χ3n) is 2.04. The van der Waals surface area contributed by atoms with Gasteiger partial charge in [-0.3, -0.25) is 4.79 Å². The summed E-state index contributed by atoms with van der Waals surface area (Å²) in [6.45, 7) is 4.08. The van der Waals surface area contributed by atoms with E-state index in [1.807, 2.05) is 6.92 Å². The number of methoxy groups -OCH3 is 1. The second kappa shape index (κ2) is 6.03. The van der Waals surface area contributed by atoms with Crippen LogP contribution in [0.5, 0.6) is 5.88 Å². The van der Waals surface area contributed by atoms with Gasteiger partial charge in [0.1, 0.15) is 6.54 Å². The number of likely N-dealkylation sites (N-methyl/N-ethyl adjacent to an activating group) is 1. The van der Waals surface area contributed by atoms with E-state index < -0.39 is 0 Å². The van der Waals surface area contributed by atoms with E-state index in [-0.39, 0.29) is 12.5 Å². The lowest BCUT2D eigenvalue weighted by Crippen LogP contribution is -2.28. The van der Waals surface area contributed by atoms with Crippen LogP contribution in [-0.4, -0.2) is 43.2 Å². The van der Waals surface area contributed by atoms with Crippen molar-refractivity contribution >= 4 is 11.9 Å². The maximum atomic E-state index is 11.3. The molecule has 1 aromatic rings. The number of hydrogen-bond donors (Lipinski definition) is 0. The van der Waals surface area contributed by atoms with Gasteiger partial charge in [-0.15, -0.1) is 0 Å². The fraction of sp³-hybridized carbons (Fsp3) is 0.545. The Morgan fingerprint density at radius 1 is 1.47 bits per heavy atom. The molecule has 6 nitrogen and oxygen atoms in total. The number of rotatable bonds is 5. The summed E-state index contributed by atoms with van der Waals surface area (Å²) in [5.41, 5.74) is 0.780. The normalized spacial score (nSPS) is 9.88. The van der Waals surface area contributed by atoms with Crippen molar-refractivity contribution in [3.8, 4) is 5.88 Å². The molecule has 1 heterocycles. The van der Waals surface area contributed by atoms with Crippen LogP contribution in [0, 0.1) is 6.92 Å². The minimum Gasteiger partial charge on any atom is -0.481 e. The van der Waals surface area contributed by atoms with Gasteiger partial charge in [-0.2, -0.15) is 4.98 Å². The Labute approximate surface area is 101 Å². The molecule has 17 heavy (non-hydrogen) atoms. The summed E-state index contributed by atoms with van der Waals surface area (Å²) >= 11 is 0. The van der Waals surface area contributed by atoms with Gasteiger partial charge in [0.05, 0.1) is 13.7 Å². The molecule has 0 saturated heterocycles. The van der Waals surface area contributed by atoms with E-state index in [2.05, 4.69) is 9.97 Å². The van der Waals surface area contributed by atoms with Crippen LogP contribution in [0.15, 0.2) is 6.07 Å². The Morgan fingerprint density at radius 2 is 2.18 bits per heavy atom. The lowest BCUT2D eigenvalue weighted by Gasteiger charge is -2.16. The highest BCUT2D eigenvalue weighted by atomic mass is 16.5. The smallest absolute Gasteiger partial charge is 0.325 e. The summed E-state index contributed by atoms with van der Waals surface area (Å²) in [6.07, 6.45) is 0. The van der Waals surface area contributed by atoms with E-state index >= 15 is 0 Å². The van der Waals surface area contributed by atoms with Crippen LogP contribution < -0.4 is 9.64 Å². The highest BCUT2D eigenvalue weighted by Gasteiger charge is 2.12. The number of ether oxygens (including phenoxy) is 2. The van der Waals surface area contributed by atoms with Crippen LogP contribution in [-0.2, 0) is 9.53 Å². The third-order valence-corrected chi connectivity index (χ3v) is 2.04. The van der Waals surface area contributed by atoms with Gasteiger partial charge < -0.3 is 14.4 Å². The topological polar surface area (TPSA) is 64.5 Å². The minimum atomic E-state index is -0.306. The van der Waals surface area contributed by atoms with Gasteiger partial charge in [0.25, 0.3) is 0 Å². The first-order valence-electron chi connectivity index (χ1n) is 5.33. The van der Waals surface area contributed by atoms with E-state index in [0.29, 0.717) is 18.4 Å². The Morgan fingerprint density at radius 3 is 2.76 bits per heavy atom. The molecule has 0 aliphatic rings. The number of aryl methyl sites for hydroxylation is 1. The number of esters is 1. The zero-order chi connectivity index (χ0) is 12.8. The molecule has 1 aromatic heterocycles.